The molecule has 3 N–H and O–H groups in total. The van der Waals surface area contributed by atoms with Gasteiger partial charge < -0.3 is 20.3 Å². The number of halogens is 1. The lowest BCUT2D eigenvalue weighted by Crippen LogP contribution is -2.43. The molecule has 0 saturated heterocycles. The third-order valence-electron chi connectivity index (χ3n) is 5.63. The van der Waals surface area contributed by atoms with Crippen molar-refractivity contribution < 1.29 is 19.1 Å². The van der Waals surface area contributed by atoms with Crippen molar-refractivity contribution in [2.75, 3.05) is 6.54 Å². The molecule has 2 aromatic rings. The molecule has 1 aromatic heterocycles. The predicted octanol–water partition coefficient (Wildman–Crippen LogP) is 3.91. The van der Waals surface area contributed by atoms with Crippen LogP contribution in [-0.4, -0.2) is 34.3 Å². The summed E-state index contributed by atoms with van der Waals surface area (Å²) < 4.78 is 15.7. The van der Waals surface area contributed by atoms with E-state index in [1.165, 1.54) is 12.1 Å². The number of aliphatic carboxylic acids is 1. The average Bonchev–Trinajstić information content (AvgIpc) is 2.91. The molecule has 1 heterocycles. The first kappa shape index (κ1) is 20.2. The van der Waals surface area contributed by atoms with Crippen LogP contribution in [0.5, 0.6) is 0 Å². The van der Waals surface area contributed by atoms with Crippen molar-refractivity contribution in [1.82, 2.24) is 15.2 Å². The number of carbonyl (C=O) groups is 2. The van der Waals surface area contributed by atoms with Crippen molar-refractivity contribution in [3.8, 4) is 0 Å². The maximum atomic E-state index is 13.9. The maximum Gasteiger partial charge on any atom is 0.323 e. The smallest absolute Gasteiger partial charge is 0.323 e. The molecule has 28 heavy (non-hydrogen) atoms. The summed E-state index contributed by atoms with van der Waals surface area (Å²) in [5.41, 5.74) is 2.69. The Morgan fingerprint density at radius 3 is 2.61 bits per heavy atom. The molecule has 1 fully saturated rings. The van der Waals surface area contributed by atoms with Gasteiger partial charge in [0.2, 0.25) is 0 Å². The average molecular weight is 389 g/mol. The number of benzene rings is 1. The van der Waals surface area contributed by atoms with E-state index in [0.717, 1.165) is 54.3 Å². The largest absolute Gasteiger partial charge is 0.480 e. The SMILES string of the molecule is CCCNC(=O)NC1CCC(c2c(C)n(CC(=O)O)c3ccc(F)cc23)CC1. The Bertz CT molecular complexity index is 869. The van der Waals surface area contributed by atoms with E-state index in [1.54, 1.807) is 10.6 Å². The van der Waals surface area contributed by atoms with Crippen LogP contribution in [0.15, 0.2) is 18.2 Å². The fraction of sp³-hybridized carbons (Fsp3) is 0.524. The highest BCUT2D eigenvalue weighted by molar-refractivity contribution is 5.87. The molecule has 0 aliphatic heterocycles. The molecular weight excluding hydrogens is 361 g/mol. The maximum absolute atomic E-state index is 13.9. The molecule has 0 unspecified atom stereocenters. The van der Waals surface area contributed by atoms with Gasteiger partial charge in [0.1, 0.15) is 12.4 Å². The van der Waals surface area contributed by atoms with Gasteiger partial charge in [0.05, 0.1) is 0 Å². The van der Waals surface area contributed by atoms with Gasteiger partial charge in [-0.2, -0.15) is 0 Å². The van der Waals surface area contributed by atoms with Crippen molar-refractivity contribution in [3.05, 3.63) is 35.3 Å². The molecule has 0 spiro atoms. The minimum atomic E-state index is -0.915. The third kappa shape index (κ3) is 4.29. The molecule has 6 nitrogen and oxygen atoms in total. The minimum absolute atomic E-state index is 0.124. The van der Waals surface area contributed by atoms with Gasteiger partial charge in [-0.3, -0.25) is 4.79 Å². The summed E-state index contributed by atoms with van der Waals surface area (Å²) in [6.45, 7) is 4.45. The molecule has 0 atom stereocenters. The molecule has 1 aliphatic carbocycles. The fourth-order valence-corrected chi connectivity index (χ4v) is 4.34. The topological polar surface area (TPSA) is 83.4 Å². The van der Waals surface area contributed by atoms with Gasteiger partial charge in [-0.1, -0.05) is 6.92 Å². The van der Waals surface area contributed by atoms with Gasteiger partial charge in [0.25, 0.3) is 0 Å². The van der Waals surface area contributed by atoms with E-state index in [4.69, 9.17) is 0 Å². The summed E-state index contributed by atoms with van der Waals surface area (Å²) in [7, 11) is 0. The summed E-state index contributed by atoms with van der Waals surface area (Å²) >= 11 is 0. The lowest BCUT2D eigenvalue weighted by molar-refractivity contribution is -0.137. The molecule has 1 aliphatic rings. The first-order valence-electron chi connectivity index (χ1n) is 9.95. The number of urea groups is 1. The van der Waals surface area contributed by atoms with Crippen LogP contribution in [-0.2, 0) is 11.3 Å². The first-order valence-corrected chi connectivity index (χ1v) is 9.95. The van der Waals surface area contributed by atoms with E-state index < -0.39 is 5.97 Å². The van der Waals surface area contributed by atoms with E-state index in [1.807, 2.05) is 13.8 Å². The summed E-state index contributed by atoms with van der Waals surface area (Å²) in [6, 6.07) is 4.56. The Balaban J connectivity index is 1.79. The van der Waals surface area contributed by atoms with Crippen LogP contribution in [0.25, 0.3) is 10.9 Å². The standard InChI is InChI=1S/C21H28FN3O3/c1-3-10-23-21(28)24-16-7-4-14(5-8-16)20-13(2)25(12-19(26)27)18-9-6-15(22)11-17(18)20/h6,9,11,14,16H,3-5,7-8,10,12H2,1-2H3,(H,26,27)(H2,23,24,28). The molecule has 0 bridgehead atoms. The molecule has 7 heteroatoms. The number of carbonyl (C=O) groups excluding carboxylic acids is 1. The van der Waals surface area contributed by atoms with Gasteiger partial charge in [-0.25, -0.2) is 9.18 Å². The zero-order valence-electron chi connectivity index (χ0n) is 16.4. The van der Waals surface area contributed by atoms with E-state index >= 15 is 0 Å². The number of rotatable bonds is 6. The number of nitrogens with one attached hydrogen (secondary N) is 2. The van der Waals surface area contributed by atoms with E-state index in [0.29, 0.717) is 6.54 Å². The Kier molecular flexibility index (Phi) is 6.21. The number of aromatic nitrogens is 1. The van der Waals surface area contributed by atoms with Gasteiger partial charge in [0.15, 0.2) is 0 Å². The van der Waals surface area contributed by atoms with E-state index in [9.17, 15) is 19.1 Å². The van der Waals surface area contributed by atoms with Gasteiger partial charge >= 0.3 is 12.0 Å². The molecular formula is C21H28FN3O3. The van der Waals surface area contributed by atoms with Crippen LogP contribution in [0.3, 0.4) is 0 Å². The number of hydrogen-bond donors (Lipinski definition) is 3. The van der Waals surface area contributed by atoms with Crippen molar-refractivity contribution in [2.45, 2.75) is 64.5 Å². The Hall–Kier alpha value is -2.57. The Morgan fingerprint density at radius 1 is 1.25 bits per heavy atom. The molecule has 2 amide bonds. The Morgan fingerprint density at radius 2 is 1.96 bits per heavy atom. The normalized spacial score (nSPS) is 19.5. The lowest BCUT2D eigenvalue weighted by atomic mass is 9.80. The van der Waals surface area contributed by atoms with Crippen molar-refractivity contribution >= 4 is 22.9 Å². The van der Waals surface area contributed by atoms with E-state index in [-0.39, 0.29) is 30.4 Å². The second-order valence-corrected chi connectivity index (χ2v) is 7.59. The third-order valence-corrected chi connectivity index (χ3v) is 5.63. The van der Waals surface area contributed by atoms with Gasteiger partial charge in [-0.05, 0) is 68.7 Å². The lowest BCUT2D eigenvalue weighted by Gasteiger charge is -2.29. The molecule has 3 rings (SSSR count). The highest BCUT2D eigenvalue weighted by Crippen LogP contribution is 2.40. The van der Waals surface area contributed by atoms with Crippen LogP contribution in [0.4, 0.5) is 9.18 Å². The predicted molar refractivity (Wildman–Crippen MR) is 106 cm³/mol. The monoisotopic (exact) mass is 389 g/mol. The van der Waals surface area contributed by atoms with Crippen molar-refractivity contribution in [1.29, 1.82) is 0 Å². The van der Waals surface area contributed by atoms with Gasteiger partial charge in [-0.15, -0.1) is 0 Å². The van der Waals surface area contributed by atoms with Crippen LogP contribution >= 0.6 is 0 Å². The highest BCUT2D eigenvalue weighted by atomic mass is 19.1. The first-order chi connectivity index (χ1) is 13.4. The van der Waals surface area contributed by atoms with E-state index in [2.05, 4.69) is 10.6 Å². The van der Waals surface area contributed by atoms with Crippen LogP contribution < -0.4 is 10.6 Å². The van der Waals surface area contributed by atoms with Crippen LogP contribution in [0, 0.1) is 12.7 Å². The number of hydrogen-bond acceptors (Lipinski definition) is 2. The van der Waals surface area contributed by atoms with Crippen LogP contribution in [0.2, 0.25) is 0 Å². The number of amides is 2. The minimum Gasteiger partial charge on any atom is -0.480 e. The fourth-order valence-electron chi connectivity index (χ4n) is 4.34. The zero-order chi connectivity index (χ0) is 20.3. The molecule has 1 aromatic carbocycles. The number of carboxylic acids is 1. The summed E-state index contributed by atoms with van der Waals surface area (Å²) in [5.74, 6) is -0.998. The Labute approximate surface area is 164 Å². The molecule has 0 radical (unpaired) electrons. The number of nitrogens with zero attached hydrogens (tertiary/aromatic N) is 1. The van der Waals surface area contributed by atoms with Crippen LogP contribution in [0.1, 0.15) is 56.2 Å². The summed E-state index contributed by atoms with van der Waals surface area (Å²) in [5, 5.41) is 15.9. The summed E-state index contributed by atoms with van der Waals surface area (Å²) in [4.78, 5) is 23.2. The number of fused-ring (bicyclic) bond motifs is 1. The van der Waals surface area contributed by atoms with Crippen molar-refractivity contribution in [2.24, 2.45) is 0 Å². The van der Waals surface area contributed by atoms with Gasteiger partial charge in [0, 0.05) is 29.2 Å². The molecule has 152 valence electrons. The second-order valence-electron chi connectivity index (χ2n) is 7.59. The molecule has 1 saturated carbocycles. The zero-order valence-corrected chi connectivity index (χ0v) is 16.4. The second kappa shape index (κ2) is 8.63. The summed E-state index contributed by atoms with van der Waals surface area (Å²) in [6.07, 6.45) is 4.36. The van der Waals surface area contributed by atoms with Crippen molar-refractivity contribution in [3.63, 3.8) is 0 Å². The quantitative estimate of drug-likeness (QED) is 0.700. The number of carboxylic acid groups (broad SMARTS) is 1. The highest BCUT2D eigenvalue weighted by Gasteiger charge is 2.28.